The Morgan fingerprint density at radius 2 is 1.37 bits per heavy atom. The Morgan fingerprint density at radius 3 is 1.80 bits per heavy atom. The maximum atomic E-state index is 13.0. The number of aliphatic hydroxyl groups excluding tert-OH is 1. The van der Waals surface area contributed by atoms with Crippen molar-refractivity contribution in [3.63, 3.8) is 0 Å². The lowest BCUT2D eigenvalue weighted by Gasteiger charge is -2.44. The Bertz CT molecular complexity index is 953. The molecule has 1 fully saturated rings. The summed E-state index contributed by atoms with van der Waals surface area (Å²) in [6, 6.07) is 12.4. The van der Waals surface area contributed by atoms with Crippen LogP contribution < -0.4 is 14.8 Å². The summed E-state index contributed by atoms with van der Waals surface area (Å²) in [6.07, 6.45) is -9.69. The molecule has 1 amide bonds. The highest BCUT2D eigenvalue weighted by atomic mass is 19.4. The van der Waals surface area contributed by atoms with Gasteiger partial charge in [-0.25, -0.2) is 0 Å². The molecule has 1 aliphatic heterocycles. The Balaban J connectivity index is 1.80. The van der Waals surface area contributed by atoms with Crippen LogP contribution in [0.25, 0.3) is 0 Å². The summed E-state index contributed by atoms with van der Waals surface area (Å²) in [5.74, 6) is -0.937. The van der Waals surface area contributed by atoms with Crippen LogP contribution in [0.15, 0.2) is 48.5 Å². The van der Waals surface area contributed by atoms with E-state index in [1.807, 2.05) is 0 Å². The molecule has 0 bridgehead atoms. The fourth-order valence-electron chi connectivity index (χ4n) is 3.66. The molecule has 2 aromatic rings. The molecule has 1 aliphatic rings. The van der Waals surface area contributed by atoms with E-state index in [4.69, 9.17) is 23.7 Å². The van der Waals surface area contributed by atoms with E-state index in [1.165, 1.54) is 14.2 Å². The lowest BCUT2D eigenvalue weighted by Crippen LogP contribution is -2.65. The molecule has 0 aliphatic carbocycles. The number of carbonyl (C=O) groups is 1. The number of halogens is 3. The predicted molar refractivity (Wildman–Crippen MR) is 118 cm³/mol. The van der Waals surface area contributed by atoms with Gasteiger partial charge >= 0.3 is 12.1 Å². The first kappa shape index (κ1) is 26.7. The topological polar surface area (TPSA) is 95.5 Å². The van der Waals surface area contributed by atoms with E-state index in [9.17, 15) is 23.1 Å². The van der Waals surface area contributed by atoms with Crippen molar-refractivity contribution >= 4 is 5.91 Å². The third-order valence-corrected chi connectivity index (χ3v) is 5.56. The molecule has 5 atom stereocenters. The van der Waals surface area contributed by atoms with Crippen molar-refractivity contribution in [1.82, 2.24) is 5.32 Å². The van der Waals surface area contributed by atoms with E-state index in [2.05, 4.69) is 0 Å². The standard InChI is InChI=1S/C24H28F3NO7/c1-14-20(33-12-15-4-8-17(31-2)9-5-15)21(34-13-16-6-10-18(32-3)11-7-16)19(22(29)35-14)28-23(30)24(25,26)27/h4-11,14,19-22,29H,12-13H2,1-3H3,(H,28,30)/t14-,19-,20-,21-,22?/m0/s1. The number of amides is 1. The summed E-state index contributed by atoms with van der Waals surface area (Å²) in [5, 5.41) is 12.2. The zero-order chi connectivity index (χ0) is 25.6. The fourth-order valence-corrected chi connectivity index (χ4v) is 3.66. The summed E-state index contributed by atoms with van der Waals surface area (Å²) in [4.78, 5) is 11.7. The van der Waals surface area contributed by atoms with Crippen LogP contribution in [0, 0.1) is 0 Å². The van der Waals surface area contributed by atoms with E-state index < -0.39 is 42.7 Å². The van der Waals surface area contributed by atoms with Gasteiger partial charge in [-0.15, -0.1) is 0 Å². The predicted octanol–water partition coefficient (Wildman–Crippen LogP) is 2.96. The van der Waals surface area contributed by atoms with Crippen molar-refractivity contribution in [3.05, 3.63) is 59.7 Å². The molecule has 0 aromatic heterocycles. The number of rotatable bonds is 9. The molecule has 192 valence electrons. The highest BCUT2D eigenvalue weighted by Gasteiger charge is 2.49. The SMILES string of the molecule is COc1ccc(CO[C@@H]2[C@@H](OCc3ccc(OC)cc3)[C@H](NC(=O)C(F)(F)F)C(O)O[C@H]2C)cc1. The Kier molecular flexibility index (Phi) is 8.95. The van der Waals surface area contributed by atoms with Gasteiger partial charge in [0.1, 0.15) is 29.7 Å². The van der Waals surface area contributed by atoms with Crippen LogP contribution in [0.4, 0.5) is 13.2 Å². The van der Waals surface area contributed by atoms with Crippen molar-refractivity contribution in [3.8, 4) is 11.5 Å². The maximum Gasteiger partial charge on any atom is 0.471 e. The van der Waals surface area contributed by atoms with Crippen molar-refractivity contribution in [2.45, 2.75) is 57.0 Å². The van der Waals surface area contributed by atoms with E-state index in [0.29, 0.717) is 17.1 Å². The Labute approximate surface area is 200 Å². The number of alkyl halides is 3. The first-order valence-corrected chi connectivity index (χ1v) is 10.8. The van der Waals surface area contributed by atoms with Gasteiger partial charge in [-0.1, -0.05) is 24.3 Å². The average molecular weight is 499 g/mol. The number of benzene rings is 2. The average Bonchev–Trinajstić information content (AvgIpc) is 2.84. The van der Waals surface area contributed by atoms with Gasteiger partial charge in [0.15, 0.2) is 6.29 Å². The highest BCUT2D eigenvalue weighted by molar-refractivity contribution is 5.82. The van der Waals surface area contributed by atoms with Gasteiger partial charge in [-0.05, 0) is 42.3 Å². The normalized spacial score (nSPS) is 24.6. The molecular weight excluding hydrogens is 471 g/mol. The fraction of sp³-hybridized carbons (Fsp3) is 0.458. The molecule has 0 radical (unpaired) electrons. The molecule has 35 heavy (non-hydrogen) atoms. The number of hydrogen-bond acceptors (Lipinski definition) is 7. The minimum Gasteiger partial charge on any atom is -0.497 e. The summed E-state index contributed by atoms with van der Waals surface area (Å²) >= 11 is 0. The van der Waals surface area contributed by atoms with Crippen LogP contribution in [0.1, 0.15) is 18.1 Å². The third-order valence-electron chi connectivity index (χ3n) is 5.56. The van der Waals surface area contributed by atoms with E-state index in [1.54, 1.807) is 60.8 Å². The minimum atomic E-state index is -5.15. The molecule has 11 heteroatoms. The summed E-state index contributed by atoms with van der Waals surface area (Å²) in [7, 11) is 3.06. The highest BCUT2D eigenvalue weighted by Crippen LogP contribution is 2.28. The number of nitrogens with one attached hydrogen (secondary N) is 1. The number of carbonyl (C=O) groups excluding carboxylic acids is 1. The molecule has 2 aromatic carbocycles. The zero-order valence-corrected chi connectivity index (χ0v) is 19.5. The van der Waals surface area contributed by atoms with Gasteiger partial charge < -0.3 is 34.1 Å². The van der Waals surface area contributed by atoms with Gasteiger partial charge in [0.25, 0.3) is 0 Å². The van der Waals surface area contributed by atoms with E-state index in [-0.39, 0.29) is 13.2 Å². The molecule has 0 saturated carbocycles. The van der Waals surface area contributed by atoms with Crippen molar-refractivity contribution < 1.29 is 46.8 Å². The molecular formula is C24H28F3NO7. The summed E-state index contributed by atoms with van der Waals surface area (Å²) in [5.41, 5.74) is 1.48. The second-order valence-corrected chi connectivity index (χ2v) is 7.98. The molecule has 2 N–H and O–H groups in total. The first-order chi connectivity index (χ1) is 16.6. The van der Waals surface area contributed by atoms with Crippen molar-refractivity contribution in [2.75, 3.05) is 14.2 Å². The maximum absolute atomic E-state index is 13.0. The minimum absolute atomic E-state index is 0.0190. The summed E-state index contributed by atoms with van der Waals surface area (Å²) < 4.78 is 66.4. The number of aliphatic hydroxyl groups is 1. The molecule has 1 heterocycles. The van der Waals surface area contributed by atoms with Crippen LogP contribution in [-0.4, -0.2) is 62.1 Å². The summed E-state index contributed by atoms with van der Waals surface area (Å²) in [6.45, 7) is 1.67. The van der Waals surface area contributed by atoms with Crippen LogP contribution >= 0.6 is 0 Å². The van der Waals surface area contributed by atoms with Crippen LogP contribution in [0.2, 0.25) is 0 Å². The monoisotopic (exact) mass is 499 g/mol. The number of methoxy groups -OCH3 is 2. The van der Waals surface area contributed by atoms with Crippen LogP contribution in [0.3, 0.4) is 0 Å². The second-order valence-electron chi connectivity index (χ2n) is 7.98. The van der Waals surface area contributed by atoms with Crippen molar-refractivity contribution in [1.29, 1.82) is 0 Å². The smallest absolute Gasteiger partial charge is 0.471 e. The largest absolute Gasteiger partial charge is 0.497 e. The van der Waals surface area contributed by atoms with Crippen LogP contribution in [0.5, 0.6) is 11.5 Å². The number of hydrogen-bond donors (Lipinski definition) is 2. The zero-order valence-electron chi connectivity index (χ0n) is 19.5. The van der Waals surface area contributed by atoms with Gasteiger partial charge in [-0.3, -0.25) is 4.79 Å². The molecule has 1 saturated heterocycles. The lowest BCUT2D eigenvalue weighted by molar-refractivity contribution is -0.267. The first-order valence-electron chi connectivity index (χ1n) is 10.8. The van der Waals surface area contributed by atoms with Crippen molar-refractivity contribution in [2.24, 2.45) is 0 Å². The number of ether oxygens (including phenoxy) is 5. The van der Waals surface area contributed by atoms with Crippen LogP contribution in [-0.2, 0) is 32.2 Å². The second kappa shape index (κ2) is 11.7. The van der Waals surface area contributed by atoms with Gasteiger partial charge in [0.2, 0.25) is 0 Å². The molecule has 8 nitrogen and oxygen atoms in total. The van der Waals surface area contributed by atoms with Gasteiger partial charge in [-0.2, -0.15) is 13.2 Å². The van der Waals surface area contributed by atoms with E-state index >= 15 is 0 Å². The van der Waals surface area contributed by atoms with Gasteiger partial charge in [0.05, 0.1) is 33.5 Å². The Morgan fingerprint density at radius 1 is 0.914 bits per heavy atom. The Hall–Kier alpha value is -2.86. The quantitative estimate of drug-likeness (QED) is 0.548. The van der Waals surface area contributed by atoms with E-state index in [0.717, 1.165) is 5.56 Å². The third kappa shape index (κ3) is 7.07. The molecule has 3 rings (SSSR count). The molecule has 1 unspecified atom stereocenters. The molecule has 0 spiro atoms. The van der Waals surface area contributed by atoms with Gasteiger partial charge in [0, 0.05) is 0 Å². The lowest BCUT2D eigenvalue weighted by atomic mass is 9.96.